The molecule has 5 rings (SSSR count). The van der Waals surface area contributed by atoms with Crippen molar-refractivity contribution >= 4 is 17.7 Å². The molecule has 0 saturated carbocycles. The summed E-state index contributed by atoms with van der Waals surface area (Å²) in [6, 6.07) is 28.0. The Kier molecular flexibility index (Phi) is 11.7. The van der Waals surface area contributed by atoms with Crippen LogP contribution in [-0.4, -0.2) is 49.6 Å². The SMILES string of the molecule is NC(=O)CCC(NC(=O)c1ccccc1-c1ccc(CF)cc1)C(=O)NCCCCC1(CNCC(F)(F)F)c2ccccc2-c2ccccc21. The zero-order chi connectivity index (χ0) is 35.7. The Morgan fingerprint density at radius 2 is 1.38 bits per heavy atom. The van der Waals surface area contributed by atoms with E-state index in [1.54, 1.807) is 48.5 Å². The smallest absolute Gasteiger partial charge is 0.370 e. The van der Waals surface area contributed by atoms with Gasteiger partial charge in [0.15, 0.2) is 0 Å². The van der Waals surface area contributed by atoms with E-state index in [2.05, 4.69) is 16.0 Å². The Hall–Kier alpha value is -5.03. The van der Waals surface area contributed by atoms with E-state index < -0.39 is 48.6 Å². The Morgan fingerprint density at radius 1 is 0.780 bits per heavy atom. The maximum absolute atomic E-state index is 13.5. The van der Waals surface area contributed by atoms with Crippen molar-refractivity contribution in [2.75, 3.05) is 19.6 Å². The molecule has 0 fully saturated rings. The number of fused-ring (bicyclic) bond motifs is 3. The summed E-state index contributed by atoms with van der Waals surface area (Å²) in [5.74, 6) is -1.62. The fourth-order valence-electron chi connectivity index (χ4n) is 6.77. The number of nitrogens with two attached hydrogens (primary N) is 1. The van der Waals surface area contributed by atoms with Gasteiger partial charge in [-0.2, -0.15) is 13.2 Å². The Bertz CT molecular complexity index is 1760. The summed E-state index contributed by atoms with van der Waals surface area (Å²) in [7, 11) is 0. The number of hydrogen-bond donors (Lipinski definition) is 4. The van der Waals surface area contributed by atoms with Crippen molar-refractivity contribution < 1.29 is 31.9 Å². The number of carbonyl (C=O) groups excluding carboxylic acids is 3. The summed E-state index contributed by atoms with van der Waals surface area (Å²) in [6.45, 7) is -1.38. The van der Waals surface area contributed by atoms with Gasteiger partial charge < -0.3 is 21.7 Å². The third kappa shape index (κ3) is 8.57. The number of benzene rings is 4. The molecule has 1 atom stereocenters. The highest BCUT2D eigenvalue weighted by molar-refractivity contribution is 6.03. The van der Waals surface area contributed by atoms with E-state index in [1.807, 2.05) is 48.5 Å². The van der Waals surface area contributed by atoms with Crippen LogP contribution in [0.2, 0.25) is 0 Å². The van der Waals surface area contributed by atoms with Crippen LogP contribution in [0.4, 0.5) is 17.6 Å². The van der Waals surface area contributed by atoms with Crippen molar-refractivity contribution in [3.05, 3.63) is 119 Å². The fourth-order valence-corrected chi connectivity index (χ4v) is 6.77. The molecule has 50 heavy (non-hydrogen) atoms. The largest absolute Gasteiger partial charge is 0.401 e. The first-order valence-corrected chi connectivity index (χ1v) is 16.6. The van der Waals surface area contributed by atoms with E-state index in [4.69, 9.17) is 5.73 Å². The minimum absolute atomic E-state index is 0.0121. The van der Waals surface area contributed by atoms with Crippen LogP contribution >= 0.6 is 0 Å². The second kappa shape index (κ2) is 16.1. The zero-order valence-electron chi connectivity index (χ0n) is 27.5. The van der Waals surface area contributed by atoms with E-state index >= 15 is 0 Å². The molecule has 0 bridgehead atoms. The number of rotatable bonds is 16. The molecule has 262 valence electrons. The van der Waals surface area contributed by atoms with Gasteiger partial charge in [-0.3, -0.25) is 14.4 Å². The summed E-state index contributed by atoms with van der Waals surface area (Å²) in [5.41, 5.74) is 10.7. The molecule has 11 heteroatoms. The maximum Gasteiger partial charge on any atom is 0.401 e. The first-order valence-electron chi connectivity index (χ1n) is 16.6. The van der Waals surface area contributed by atoms with Crippen LogP contribution in [0.15, 0.2) is 97.1 Å². The van der Waals surface area contributed by atoms with Gasteiger partial charge in [0, 0.05) is 30.5 Å². The standard InChI is InChI=1S/C39H40F4N4O3/c40-23-26-15-17-27(18-16-26)28-9-1-2-12-31(28)36(49)47-34(19-20-35(44)48)37(50)46-22-8-7-21-38(24-45-25-39(41,42)43)32-13-5-3-10-29(32)30-11-4-6-14-33(30)38/h1-6,9-18,34,45H,7-8,19-25H2,(H2,44,48)(H,46,50)(H,47,49). The van der Waals surface area contributed by atoms with Gasteiger partial charge in [-0.1, -0.05) is 97.4 Å². The quantitative estimate of drug-likeness (QED) is 0.0786. The van der Waals surface area contributed by atoms with Gasteiger partial charge >= 0.3 is 6.18 Å². The van der Waals surface area contributed by atoms with Gasteiger partial charge in [0.25, 0.3) is 5.91 Å². The van der Waals surface area contributed by atoms with E-state index in [9.17, 15) is 31.9 Å². The molecule has 1 unspecified atom stereocenters. The Labute approximate surface area is 288 Å². The monoisotopic (exact) mass is 688 g/mol. The predicted molar refractivity (Wildman–Crippen MR) is 185 cm³/mol. The number of nitrogens with one attached hydrogen (secondary N) is 3. The summed E-state index contributed by atoms with van der Waals surface area (Å²) < 4.78 is 52.6. The molecule has 4 aromatic carbocycles. The lowest BCUT2D eigenvalue weighted by Gasteiger charge is -2.33. The summed E-state index contributed by atoms with van der Waals surface area (Å²) in [4.78, 5) is 38.5. The van der Waals surface area contributed by atoms with Crippen molar-refractivity contribution in [1.29, 1.82) is 0 Å². The summed E-state index contributed by atoms with van der Waals surface area (Å²) >= 11 is 0. The van der Waals surface area contributed by atoms with Crippen LogP contribution in [0.1, 0.15) is 59.2 Å². The lowest BCUT2D eigenvalue weighted by Crippen LogP contribution is -2.47. The van der Waals surface area contributed by atoms with Gasteiger partial charge in [0.2, 0.25) is 11.8 Å². The number of carbonyl (C=O) groups is 3. The number of hydrogen-bond acceptors (Lipinski definition) is 4. The van der Waals surface area contributed by atoms with Crippen LogP contribution in [0.25, 0.3) is 22.3 Å². The third-order valence-corrected chi connectivity index (χ3v) is 9.15. The highest BCUT2D eigenvalue weighted by atomic mass is 19.4. The second-order valence-corrected chi connectivity index (χ2v) is 12.5. The van der Waals surface area contributed by atoms with E-state index in [0.717, 1.165) is 22.3 Å². The molecule has 0 saturated heterocycles. The predicted octanol–water partition coefficient (Wildman–Crippen LogP) is 6.59. The van der Waals surface area contributed by atoms with Crippen molar-refractivity contribution in [2.45, 2.75) is 56.4 Å². The van der Waals surface area contributed by atoms with Crippen molar-refractivity contribution in [2.24, 2.45) is 5.73 Å². The van der Waals surface area contributed by atoms with Gasteiger partial charge in [0.1, 0.15) is 12.7 Å². The molecule has 7 nitrogen and oxygen atoms in total. The highest BCUT2D eigenvalue weighted by Crippen LogP contribution is 2.51. The van der Waals surface area contributed by atoms with Crippen LogP contribution in [0.3, 0.4) is 0 Å². The molecular formula is C39H40F4N4O3. The van der Waals surface area contributed by atoms with Crippen molar-refractivity contribution in [3.8, 4) is 22.3 Å². The Balaban J connectivity index is 1.25. The van der Waals surface area contributed by atoms with Gasteiger partial charge in [-0.25, -0.2) is 4.39 Å². The minimum atomic E-state index is -4.35. The molecule has 1 aliphatic rings. The maximum atomic E-state index is 13.5. The number of halogens is 4. The van der Waals surface area contributed by atoms with E-state index in [-0.39, 0.29) is 25.9 Å². The molecule has 0 spiro atoms. The average Bonchev–Trinajstić information content (AvgIpc) is 3.38. The molecule has 0 heterocycles. The van der Waals surface area contributed by atoms with Gasteiger partial charge in [-0.05, 0) is 64.3 Å². The lowest BCUT2D eigenvalue weighted by atomic mass is 9.74. The summed E-state index contributed by atoms with van der Waals surface area (Å²) in [6.07, 6.45) is -2.85. The summed E-state index contributed by atoms with van der Waals surface area (Å²) in [5, 5.41) is 8.26. The normalized spacial score (nSPS) is 13.6. The number of unbranched alkanes of at least 4 members (excludes halogenated alkanes) is 1. The molecule has 3 amide bonds. The molecule has 0 aliphatic heterocycles. The highest BCUT2D eigenvalue weighted by Gasteiger charge is 2.43. The number of amides is 3. The molecule has 0 radical (unpaired) electrons. The van der Waals surface area contributed by atoms with E-state index in [0.29, 0.717) is 41.5 Å². The molecule has 0 aromatic heterocycles. The first kappa shape index (κ1) is 36.3. The van der Waals surface area contributed by atoms with Gasteiger partial charge in [-0.15, -0.1) is 0 Å². The minimum Gasteiger partial charge on any atom is -0.370 e. The van der Waals surface area contributed by atoms with Gasteiger partial charge in [0.05, 0.1) is 6.54 Å². The number of alkyl halides is 4. The van der Waals surface area contributed by atoms with E-state index in [1.165, 1.54) is 0 Å². The molecule has 1 aliphatic carbocycles. The van der Waals surface area contributed by atoms with Crippen molar-refractivity contribution in [3.63, 3.8) is 0 Å². The lowest BCUT2D eigenvalue weighted by molar-refractivity contribution is -0.125. The second-order valence-electron chi connectivity index (χ2n) is 12.5. The van der Waals surface area contributed by atoms with Crippen molar-refractivity contribution in [1.82, 2.24) is 16.0 Å². The topological polar surface area (TPSA) is 113 Å². The third-order valence-electron chi connectivity index (χ3n) is 9.15. The average molecular weight is 689 g/mol. The Morgan fingerprint density at radius 3 is 1.98 bits per heavy atom. The van der Waals surface area contributed by atoms with Crippen LogP contribution < -0.4 is 21.7 Å². The first-order chi connectivity index (χ1) is 24.0. The molecule has 4 aromatic rings. The number of primary amides is 1. The molecule has 5 N–H and O–H groups in total. The van der Waals surface area contributed by atoms with Crippen LogP contribution in [0, 0.1) is 0 Å². The zero-order valence-corrected chi connectivity index (χ0v) is 27.5. The molecular weight excluding hydrogens is 648 g/mol. The fraction of sp³-hybridized carbons (Fsp3) is 0.308. The van der Waals surface area contributed by atoms with Crippen LogP contribution in [0.5, 0.6) is 0 Å². The van der Waals surface area contributed by atoms with Crippen LogP contribution in [-0.2, 0) is 21.7 Å².